The molecule has 0 aromatic heterocycles. The van der Waals surface area contributed by atoms with Gasteiger partial charge in [-0.2, -0.15) is 0 Å². The number of rotatable bonds is 0. The highest BCUT2D eigenvalue weighted by Crippen LogP contribution is 2.40. The lowest BCUT2D eigenvalue weighted by molar-refractivity contribution is 0.239. The first-order valence-corrected chi connectivity index (χ1v) is 4.61. The van der Waals surface area contributed by atoms with Crippen LogP contribution in [0.2, 0.25) is 0 Å². The van der Waals surface area contributed by atoms with Crippen LogP contribution in [0.1, 0.15) is 33.1 Å². The molecule has 1 nitrogen and oxygen atoms in total. The quantitative estimate of drug-likeness (QED) is 0.518. The van der Waals surface area contributed by atoms with Gasteiger partial charge in [-0.1, -0.05) is 6.92 Å². The maximum absolute atomic E-state index is 5.66. The molecule has 1 aliphatic carbocycles. The molecular weight excluding hydrogens is 136 g/mol. The molecule has 0 amide bonds. The van der Waals surface area contributed by atoms with Crippen molar-refractivity contribution in [1.82, 2.24) is 0 Å². The third-order valence-electron chi connectivity index (χ3n) is 3.01. The summed E-state index contributed by atoms with van der Waals surface area (Å²) in [5.41, 5.74) is 1.51. The fourth-order valence-electron chi connectivity index (χ4n) is 2.27. The number of hydrogen-bond acceptors (Lipinski definition) is 1. The molecule has 1 fully saturated rings. The Hall–Kier alpha value is -0.460. The predicted molar refractivity (Wildman–Crippen MR) is 45.2 cm³/mol. The van der Waals surface area contributed by atoms with Crippen LogP contribution in [0, 0.1) is 11.8 Å². The molecule has 11 heavy (non-hydrogen) atoms. The lowest BCUT2D eigenvalue weighted by Gasteiger charge is -2.20. The highest BCUT2D eigenvalue weighted by atomic mass is 16.5. The topological polar surface area (TPSA) is 9.23 Å². The van der Waals surface area contributed by atoms with E-state index in [-0.39, 0.29) is 0 Å². The average Bonchev–Trinajstić information content (AvgIpc) is 2.35. The van der Waals surface area contributed by atoms with Crippen molar-refractivity contribution >= 4 is 0 Å². The van der Waals surface area contributed by atoms with E-state index >= 15 is 0 Å². The first-order valence-electron chi connectivity index (χ1n) is 4.61. The van der Waals surface area contributed by atoms with Gasteiger partial charge in [-0.05, 0) is 37.7 Å². The fourth-order valence-corrected chi connectivity index (χ4v) is 2.27. The summed E-state index contributed by atoms with van der Waals surface area (Å²) in [4.78, 5) is 0. The van der Waals surface area contributed by atoms with Gasteiger partial charge >= 0.3 is 0 Å². The van der Waals surface area contributed by atoms with Crippen molar-refractivity contribution < 1.29 is 4.74 Å². The molecule has 1 aliphatic heterocycles. The summed E-state index contributed by atoms with van der Waals surface area (Å²) >= 11 is 0. The molecule has 0 bridgehead atoms. The molecule has 1 heterocycles. The van der Waals surface area contributed by atoms with E-state index in [4.69, 9.17) is 4.74 Å². The molecule has 0 aromatic carbocycles. The summed E-state index contributed by atoms with van der Waals surface area (Å²) in [6, 6.07) is 0. The van der Waals surface area contributed by atoms with E-state index < -0.39 is 0 Å². The van der Waals surface area contributed by atoms with Crippen LogP contribution in [0.15, 0.2) is 11.3 Å². The Labute approximate surface area is 68.4 Å². The minimum atomic E-state index is 0.764. The Kier molecular flexibility index (Phi) is 1.67. The summed E-state index contributed by atoms with van der Waals surface area (Å²) in [6.45, 7) is 5.48. The van der Waals surface area contributed by atoms with E-state index in [0.29, 0.717) is 0 Å². The summed E-state index contributed by atoms with van der Waals surface area (Å²) in [5.74, 6) is 2.87. The van der Waals surface area contributed by atoms with Crippen molar-refractivity contribution in [2.24, 2.45) is 11.8 Å². The molecule has 0 saturated carbocycles. The predicted octanol–water partition coefficient (Wildman–Crippen LogP) is 2.73. The number of hydrogen-bond donors (Lipinski definition) is 0. The van der Waals surface area contributed by atoms with Crippen LogP contribution in [0.5, 0.6) is 0 Å². The molecule has 62 valence electrons. The highest BCUT2D eigenvalue weighted by Gasteiger charge is 2.33. The first-order chi connectivity index (χ1) is 5.29. The second-order valence-electron chi connectivity index (χ2n) is 3.93. The van der Waals surface area contributed by atoms with Gasteiger partial charge in [-0.25, -0.2) is 0 Å². The SMILES string of the molecule is CC1=C2OCC(C)C2CCC1. The minimum absolute atomic E-state index is 0.764. The molecule has 0 radical (unpaired) electrons. The van der Waals surface area contributed by atoms with E-state index in [1.807, 2.05) is 0 Å². The number of fused-ring (bicyclic) bond motifs is 1. The zero-order chi connectivity index (χ0) is 7.84. The van der Waals surface area contributed by atoms with Crippen molar-refractivity contribution in [3.05, 3.63) is 11.3 Å². The van der Waals surface area contributed by atoms with Crippen LogP contribution in [-0.4, -0.2) is 6.61 Å². The maximum atomic E-state index is 5.66. The summed E-state index contributed by atoms with van der Waals surface area (Å²) < 4.78 is 5.66. The van der Waals surface area contributed by atoms with E-state index in [2.05, 4.69) is 13.8 Å². The molecule has 0 N–H and O–H groups in total. The first kappa shape index (κ1) is 7.20. The molecule has 2 atom stereocenters. The standard InChI is InChI=1S/C10H16O/c1-7-4-3-5-9-8(2)6-11-10(7)9/h8-9H,3-6H2,1-2H3. The Balaban J connectivity index is 2.26. The third-order valence-corrected chi connectivity index (χ3v) is 3.01. The Morgan fingerprint density at radius 1 is 1.45 bits per heavy atom. The smallest absolute Gasteiger partial charge is 0.0983 e. The lowest BCUT2D eigenvalue weighted by atomic mass is 9.83. The van der Waals surface area contributed by atoms with Crippen molar-refractivity contribution in [1.29, 1.82) is 0 Å². The van der Waals surface area contributed by atoms with Gasteiger partial charge in [-0.3, -0.25) is 0 Å². The Morgan fingerprint density at radius 2 is 2.27 bits per heavy atom. The fraction of sp³-hybridized carbons (Fsp3) is 0.800. The summed E-state index contributed by atoms with van der Waals surface area (Å²) in [6.07, 6.45) is 3.99. The van der Waals surface area contributed by atoms with Crippen LogP contribution in [-0.2, 0) is 4.74 Å². The molecule has 2 rings (SSSR count). The van der Waals surface area contributed by atoms with Gasteiger partial charge in [0.1, 0.15) is 0 Å². The molecule has 2 unspecified atom stereocenters. The van der Waals surface area contributed by atoms with Gasteiger partial charge in [0.2, 0.25) is 0 Å². The maximum Gasteiger partial charge on any atom is 0.0983 e. The Bertz CT molecular complexity index is 193. The van der Waals surface area contributed by atoms with E-state index in [0.717, 1.165) is 18.4 Å². The van der Waals surface area contributed by atoms with Crippen molar-refractivity contribution in [3.8, 4) is 0 Å². The van der Waals surface area contributed by atoms with Crippen LogP contribution >= 0.6 is 0 Å². The highest BCUT2D eigenvalue weighted by molar-refractivity contribution is 5.16. The molecule has 2 aliphatic rings. The van der Waals surface area contributed by atoms with E-state index in [9.17, 15) is 0 Å². The number of allylic oxidation sites excluding steroid dienone is 2. The second-order valence-corrected chi connectivity index (χ2v) is 3.93. The van der Waals surface area contributed by atoms with Gasteiger partial charge in [0.15, 0.2) is 0 Å². The molecular formula is C10H16O. The monoisotopic (exact) mass is 152 g/mol. The van der Waals surface area contributed by atoms with Crippen LogP contribution in [0.25, 0.3) is 0 Å². The second kappa shape index (κ2) is 2.54. The Morgan fingerprint density at radius 3 is 3.00 bits per heavy atom. The van der Waals surface area contributed by atoms with Crippen LogP contribution in [0.3, 0.4) is 0 Å². The zero-order valence-corrected chi connectivity index (χ0v) is 7.39. The molecule has 1 saturated heterocycles. The summed E-state index contributed by atoms with van der Waals surface area (Å²) in [5, 5.41) is 0. The van der Waals surface area contributed by atoms with Crippen molar-refractivity contribution in [2.75, 3.05) is 6.61 Å². The van der Waals surface area contributed by atoms with Crippen molar-refractivity contribution in [2.45, 2.75) is 33.1 Å². The van der Waals surface area contributed by atoms with Gasteiger partial charge in [0.25, 0.3) is 0 Å². The third kappa shape index (κ3) is 1.07. The molecule has 1 heteroatoms. The largest absolute Gasteiger partial charge is 0.497 e. The van der Waals surface area contributed by atoms with Gasteiger partial charge in [-0.15, -0.1) is 0 Å². The summed E-state index contributed by atoms with van der Waals surface area (Å²) in [7, 11) is 0. The van der Waals surface area contributed by atoms with Crippen LogP contribution < -0.4 is 0 Å². The number of ether oxygens (including phenoxy) is 1. The lowest BCUT2D eigenvalue weighted by Crippen LogP contribution is -2.11. The average molecular weight is 152 g/mol. The van der Waals surface area contributed by atoms with Gasteiger partial charge in [0, 0.05) is 5.92 Å². The van der Waals surface area contributed by atoms with Gasteiger partial charge in [0.05, 0.1) is 12.4 Å². The van der Waals surface area contributed by atoms with E-state index in [1.165, 1.54) is 30.6 Å². The zero-order valence-electron chi connectivity index (χ0n) is 7.39. The minimum Gasteiger partial charge on any atom is -0.497 e. The van der Waals surface area contributed by atoms with Crippen molar-refractivity contribution in [3.63, 3.8) is 0 Å². The van der Waals surface area contributed by atoms with Crippen LogP contribution in [0.4, 0.5) is 0 Å². The molecule has 0 aromatic rings. The van der Waals surface area contributed by atoms with E-state index in [1.54, 1.807) is 0 Å². The molecule has 0 spiro atoms. The van der Waals surface area contributed by atoms with Gasteiger partial charge < -0.3 is 4.74 Å². The normalized spacial score (nSPS) is 36.9.